The van der Waals surface area contributed by atoms with Crippen LogP contribution in [0.25, 0.3) is 0 Å². The number of hydrogen-bond acceptors (Lipinski definition) is 5. The fourth-order valence-electron chi connectivity index (χ4n) is 4.32. The molecular weight excluding hydrogens is 411 g/mol. The van der Waals surface area contributed by atoms with Crippen molar-refractivity contribution < 1.29 is 18.7 Å². The normalized spacial score (nSPS) is 18.5. The monoisotopic (exact) mass is 436 g/mol. The molecular formula is C24H25FN4O3. The zero-order valence-electron chi connectivity index (χ0n) is 17.7. The van der Waals surface area contributed by atoms with Gasteiger partial charge >= 0.3 is 0 Å². The van der Waals surface area contributed by atoms with Crippen LogP contribution in [0, 0.1) is 11.7 Å². The minimum Gasteiger partial charge on any atom is -0.486 e. The van der Waals surface area contributed by atoms with Crippen LogP contribution in [0.2, 0.25) is 0 Å². The number of piperidine rings is 1. The molecule has 0 unspecified atom stereocenters. The van der Waals surface area contributed by atoms with Gasteiger partial charge in [0.1, 0.15) is 12.4 Å². The molecule has 0 N–H and O–H groups in total. The maximum Gasteiger partial charge on any atom is 0.276 e. The molecule has 1 amide bonds. The van der Waals surface area contributed by atoms with Gasteiger partial charge in [-0.3, -0.25) is 4.79 Å². The average Bonchev–Trinajstić information content (AvgIpc) is 3.29. The lowest BCUT2D eigenvalue weighted by Crippen LogP contribution is -2.39. The summed E-state index contributed by atoms with van der Waals surface area (Å²) in [5, 5.41) is 8.18. The van der Waals surface area contributed by atoms with Gasteiger partial charge in [-0.1, -0.05) is 35.5 Å². The van der Waals surface area contributed by atoms with E-state index in [0.717, 1.165) is 24.2 Å². The molecule has 8 heteroatoms. The number of aromatic nitrogens is 3. The number of likely N-dealkylation sites (tertiary alicyclic amines) is 1. The van der Waals surface area contributed by atoms with Gasteiger partial charge in [0.05, 0.1) is 12.7 Å². The molecule has 1 saturated heterocycles. The van der Waals surface area contributed by atoms with Gasteiger partial charge in [-0.15, -0.1) is 5.10 Å². The fourth-order valence-corrected chi connectivity index (χ4v) is 4.32. The zero-order valence-corrected chi connectivity index (χ0v) is 17.7. The zero-order chi connectivity index (χ0) is 21.9. The maximum absolute atomic E-state index is 13.9. The predicted molar refractivity (Wildman–Crippen MR) is 115 cm³/mol. The number of ether oxygens (including phenoxy) is 2. The molecule has 2 aliphatic rings. The number of amides is 1. The Morgan fingerprint density at radius 2 is 1.81 bits per heavy atom. The molecule has 2 aromatic carbocycles. The topological polar surface area (TPSA) is 69.5 Å². The van der Waals surface area contributed by atoms with Crippen molar-refractivity contribution in [3.63, 3.8) is 0 Å². The van der Waals surface area contributed by atoms with Crippen molar-refractivity contribution in [3.05, 3.63) is 71.8 Å². The van der Waals surface area contributed by atoms with E-state index >= 15 is 0 Å². The molecule has 32 heavy (non-hydrogen) atoms. The number of para-hydroxylation sites is 2. The lowest BCUT2D eigenvalue weighted by Gasteiger charge is -2.31. The molecule has 0 bridgehead atoms. The molecule has 3 aromatic rings. The van der Waals surface area contributed by atoms with E-state index in [9.17, 15) is 9.18 Å². The van der Waals surface area contributed by atoms with Crippen molar-refractivity contribution in [1.82, 2.24) is 19.9 Å². The lowest BCUT2D eigenvalue weighted by atomic mass is 9.90. The number of carbonyl (C=O) groups excluding carboxylic acids is 1. The molecule has 0 saturated carbocycles. The third-order valence-electron chi connectivity index (χ3n) is 6.08. The first-order valence-corrected chi connectivity index (χ1v) is 11.0. The number of halogens is 1. The van der Waals surface area contributed by atoms with Gasteiger partial charge in [0, 0.05) is 13.1 Å². The highest BCUT2D eigenvalue weighted by atomic mass is 19.1. The molecule has 5 rings (SSSR count). The van der Waals surface area contributed by atoms with Gasteiger partial charge < -0.3 is 14.4 Å². The molecule has 1 atom stereocenters. The predicted octanol–water partition coefficient (Wildman–Crippen LogP) is 3.35. The van der Waals surface area contributed by atoms with Crippen LogP contribution in [-0.4, -0.2) is 51.6 Å². The molecule has 0 spiro atoms. The Morgan fingerprint density at radius 3 is 2.62 bits per heavy atom. The molecule has 2 aliphatic heterocycles. The largest absolute Gasteiger partial charge is 0.486 e. The highest BCUT2D eigenvalue weighted by Gasteiger charge is 2.27. The number of nitrogens with zero attached hydrogens (tertiary/aromatic N) is 4. The van der Waals surface area contributed by atoms with Gasteiger partial charge in [0.15, 0.2) is 23.3 Å². The summed E-state index contributed by atoms with van der Waals surface area (Å²) in [6.07, 6.45) is 3.86. The molecule has 0 aliphatic carbocycles. The molecule has 0 radical (unpaired) electrons. The third-order valence-corrected chi connectivity index (χ3v) is 6.08. The summed E-state index contributed by atoms with van der Waals surface area (Å²) in [6.45, 7) is 2.14. The van der Waals surface area contributed by atoms with Gasteiger partial charge in [0.2, 0.25) is 0 Å². The van der Waals surface area contributed by atoms with Gasteiger partial charge in [-0.05, 0) is 48.9 Å². The van der Waals surface area contributed by atoms with Crippen molar-refractivity contribution in [2.24, 2.45) is 5.92 Å². The van der Waals surface area contributed by atoms with E-state index < -0.39 is 0 Å². The van der Waals surface area contributed by atoms with Gasteiger partial charge in [-0.25, -0.2) is 9.07 Å². The Labute approximate surface area is 185 Å². The van der Waals surface area contributed by atoms with Crippen molar-refractivity contribution in [1.29, 1.82) is 0 Å². The minimum absolute atomic E-state index is 0.119. The number of carbonyl (C=O) groups is 1. The van der Waals surface area contributed by atoms with Crippen LogP contribution in [0.3, 0.4) is 0 Å². The standard InChI is InChI=1S/C24H25FN4O3/c25-20-6-2-1-5-18(20)13-17-9-11-28(12-10-17)24(30)21-15-29(27-26-21)14-19-16-31-22-7-3-4-8-23(22)32-19/h1-8,15,17,19H,9-14,16H2/t19-/m0/s1. The summed E-state index contributed by atoms with van der Waals surface area (Å²) in [7, 11) is 0. The summed E-state index contributed by atoms with van der Waals surface area (Å²) in [6, 6.07) is 14.5. The first kappa shape index (κ1) is 20.5. The first-order chi connectivity index (χ1) is 15.7. The quantitative estimate of drug-likeness (QED) is 0.614. The Kier molecular flexibility index (Phi) is 5.75. The van der Waals surface area contributed by atoms with E-state index in [-0.39, 0.29) is 17.8 Å². The Hall–Kier alpha value is -3.42. The van der Waals surface area contributed by atoms with Gasteiger partial charge in [-0.2, -0.15) is 0 Å². The van der Waals surface area contributed by atoms with E-state index in [1.54, 1.807) is 16.9 Å². The first-order valence-electron chi connectivity index (χ1n) is 11.0. The van der Waals surface area contributed by atoms with E-state index in [1.165, 1.54) is 6.07 Å². The fraction of sp³-hybridized carbons (Fsp3) is 0.375. The van der Waals surface area contributed by atoms with Crippen LogP contribution in [0.4, 0.5) is 4.39 Å². The van der Waals surface area contributed by atoms with Crippen LogP contribution >= 0.6 is 0 Å². The average molecular weight is 436 g/mol. The van der Waals surface area contributed by atoms with Crippen LogP contribution in [0.15, 0.2) is 54.7 Å². The summed E-state index contributed by atoms with van der Waals surface area (Å²) < 4.78 is 27.2. The number of rotatable bonds is 5. The molecule has 3 heterocycles. The minimum atomic E-state index is -0.205. The Morgan fingerprint density at radius 1 is 1.06 bits per heavy atom. The van der Waals surface area contributed by atoms with Crippen molar-refractivity contribution in [2.75, 3.05) is 19.7 Å². The van der Waals surface area contributed by atoms with Crippen molar-refractivity contribution in [3.8, 4) is 11.5 Å². The van der Waals surface area contributed by atoms with Crippen molar-refractivity contribution in [2.45, 2.75) is 31.9 Å². The molecule has 166 valence electrons. The molecule has 1 aromatic heterocycles. The van der Waals surface area contributed by atoms with Crippen molar-refractivity contribution >= 4 is 5.91 Å². The highest BCUT2D eigenvalue weighted by molar-refractivity contribution is 5.92. The smallest absolute Gasteiger partial charge is 0.276 e. The summed E-state index contributed by atoms with van der Waals surface area (Å²) in [5.74, 6) is 1.54. The number of benzene rings is 2. The second-order valence-electron chi connectivity index (χ2n) is 8.35. The lowest BCUT2D eigenvalue weighted by molar-refractivity contribution is 0.0683. The Bertz CT molecular complexity index is 1090. The van der Waals surface area contributed by atoms with Crippen LogP contribution in [-0.2, 0) is 13.0 Å². The summed E-state index contributed by atoms with van der Waals surface area (Å²) in [5.41, 5.74) is 1.08. The second-order valence-corrected chi connectivity index (χ2v) is 8.35. The maximum atomic E-state index is 13.9. The van der Waals surface area contributed by atoms with Crippen LogP contribution in [0.5, 0.6) is 11.5 Å². The molecule has 7 nitrogen and oxygen atoms in total. The number of fused-ring (bicyclic) bond motifs is 1. The summed E-state index contributed by atoms with van der Waals surface area (Å²) in [4.78, 5) is 14.7. The van der Waals surface area contributed by atoms with Crippen LogP contribution < -0.4 is 9.47 Å². The SMILES string of the molecule is O=C(c1cn(C[C@H]2COc3ccccc3O2)nn1)N1CCC(Cc2ccccc2F)CC1. The van der Waals surface area contributed by atoms with Crippen LogP contribution in [0.1, 0.15) is 28.9 Å². The van der Waals surface area contributed by atoms with E-state index in [0.29, 0.717) is 50.0 Å². The van der Waals surface area contributed by atoms with E-state index in [2.05, 4.69) is 10.3 Å². The number of hydrogen-bond donors (Lipinski definition) is 0. The van der Waals surface area contributed by atoms with Gasteiger partial charge in [0.25, 0.3) is 5.91 Å². The Balaban J connectivity index is 1.14. The highest BCUT2D eigenvalue weighted by Crippen LogP contribution is 2.31. The van der Waals surface area contributed by atoms with E-state index in [1.807, 2.05) is 41.3 Å². The molecule has 1 fully saturated rings. The van der Waals surface area contributed by atoms with E-state index in [4.69, 9.17) is 9.47 Å². The second kappa shape index (κ2) is 8.98. The third kappa shape index (κ3) is 4.44. The summed E-state index contributed by atoms with van der Waals surface area (Å²) >= 11 is 0.